The molecular formula is C10H9N3O. The zero-order valence-corrected chi connectivity index (χ0v) is 7.55. The van der Waals surface area contributed by atoms with E-state index in [2.05, 4.69) is 21.7 Å². The van der Waals surface area contributed by atoms with Crippen molar-refractivity contribution in [2.24, 2.45) is 0 Å². The van der Waals surface area contributed by atoms with Crippen LogP contribution in [0.1, 0.15) is 5.69 Å². The van der Waals surface area contributed by atoms with Gasteiger partial charge in [-0.25, -0.2) is 0 Å². The maximum Gasteiger partial charge on any atom is 0.259 e. The van der Waals surface area contributed by atoms with Crippen molar-refractivity contribution in [2.45, 2.75) is 6.42 Å². The van der Waals surface area contributed by atoms with Gasteiger partial charge in [-0.2, -0.15) is 4.98 Å². The van der Waals surface area contributed by atoms with Gasteiger partial charge in [0.05, 0.1) is 11.3 Å². The van der Waals surface area contributed by atoms with Crippen LogP contribution < -0.4 is 0 Å². The minimum absolute atomic E-state index is 0.495. The highest BCUT2D eigenvalue weighted by atomic mass is 16.5. The van der Waals surface area contributed by atoms with Crippen molar-refractivity contribution in [2.75, 3.05) is 0 Å². The average molecular weight is 187 g/mol. The number of rotatable bonds is 3. The van der Waals surface area contributed by atoms with E-state index in [-0.39, 0.29) is 0 Å². The Morgan fingerprint density at radius 3 is 3.07 bits per heavy atom. The van der Waals surface area contributed by atoms with E-state index in [9.17, 15) is 0 Å². The van der Waals surface area contributed by atoms with Crippen LogP contribution in [0.25, 0.3) is 11.5 Å². The van der Waals surface area contributed by atoms with Crippen molar-refractivity contribution in [1.29, 1.82) is 0 Å². The van der Waals surface area contributed by atoms with E-state index < -0.39 is 0 Å². The molecule has 0 unspecified atom stereocenters. The van der Waals surface area contributed by atoms with E-state index in [1.54, 1.807) is 12.3 Å². The number of pyridine rings is 1. The van der Waals surface area contributed by atoms with Crippen LogP contribution in [0.2, 0.25) is 0 Å². The van der Waals surface area contributed by atoms with Crippen LogP contribution >= 0.6 is 0 Å². The van der Waals surface area contributed by atoms with Crippen molar-refractivity contribution >= 4 is 0 Å². The van der Waals surface area contributed by atoms with Gasteiger partial charge in [-0.1, -0.05) is 11.2 Å². The summed E-state index contributed by atoms with van der Waals surface area (Å²) in [6.45, 7) is 3.67. The number of hydrogen-bond acceptors (Lipinski definition) is 4. The lowest BCUT2D eigenvalue weighted by molar-refractivity contribution is 0.429. The molecule has 14 heavy (non-hydrogen) atoms. The van der Waals surface area contributed by atoms with Gasteiger partial charge >= 0.3 is 0 Å². The second kappa shape index (κ2) is 3.83. The SMILES string of the molecule is C=CCc1ncccc1-c1ncno1. The summed E-state index contributed by atoms with van der Waals surface area (Å²) in [5, 5.41) is 3.56. The summed E-state index contributed by atoms with van der Waals surface area (Å²) in [5.74, 6) is 0.495. The topological polar surface area (TPSA) is 51.8 Å². The summed E-state index contributed by atoms with van der Waals surface area (Å²) in [6, 6.07) is 3.74. The molecule has 4 nitrogen and oxygen atoms in total. The first-order valence-electron chi connectivity index (χ1n) is 4.23. The summed E-state index contributed by atoms with van der Waals surface area (Å²) in [7, 11) is 0. The number of nitrogens with zero attached hydrogens (tertiary/aromatic N) is 3. The molecule has 2 aromatic heterocycles. The van der Waals surface area contributed by atoms with Crippen LogP contribution in [-0.2, 0) is 6.42 Å². The van der Waals surface area contributed by atoms with E-state index in [0.717, 1.165) is 11.3 Å². The number of aromatic nitrogens is 3. The van der Waals surface area contributed by atoms with Crippen LogP contribution in [0.5, 0.6) is 0 Å². The minimum atomic E-state index is 0.495. The second-order valence-corrected chi connectivity index (χ2v) is 2.74. The zero-order chi connectivity index (χ0) is 9.80. The molecule has 0 amide bonds. The van der Waals surface area contributed by atoms with Crippen molar-refractivity contribution in [3.63, 3.8) is 0 Å². The van der Waals surface area contributed by atoms with E-state index in [4.69, 9.17) is 4.52 Å². The Hall–Kier alpha value is -1.97. The maximum atomic E-state index is 4.97. The van der Waals surface area contributed by atoms with Crippen molar-refractivity contribution in [3.05, 3.63) is 43.0 Å². The Balaban J connectivity index is 2.46. The summed E-state index contributed by atoms with van der Waals surface area (Å²) in [6.07, 6.45) is 5.60. The van der Waals surface area contributed by atoms with Crippen molar-refractivity contribution < 1.29 is 4.52 Å². The molecule has 0 aliphatic heterocycles. The van der Waals surface area contributed by atoms with Gasteiger partial charge in [0.15, 0.2) is 6.33 Å². The fourth-order valence-corrected chi connectivity index (χ4v) is 1.22. The van der Waals surface area contributed by atoms with Gasteiger partial charge in [0.25, 0.3) is 5.89 Å². The molecule has 0 radical (unpaired) electrons. The Morgan fingerprint density at radius 2 is 2.36 bits per heavy atom. The molecule has 0 saturated carbocycles. The number of allylic oxidation sites excluding steroid dienone is 1. The highest BCUT2D eigenvalue weighted by Gasteiger charge is 2.08. The Bertz CT molecular complexity index is 423. The number of hydrogen-bond donors (Lipinski definition) is 0. The molecule has 0 saturated heterocycles. The molecule has 0 spiro atoms. The first-order chi connectivity index (χ1) is 6.92. The zero-order valence-electron chi connectivity index (χ0n) is 7.55. The van der Waals surface area contributed by atoms with Crippen molar-refractivity contribution in [3.8, 4) is 11.5 Å². The van der Waals surface area contributed by atoms with Gasteiger partial charge in [0, 0.05) is 12.6 Å². The fraction of sp³-hybridized carbons (Fsp3) is 0.100. The standard InChI is InChI=1S/C10H9N3O/c1-2-4-9-8(5-3-6-11-9)10-12-7-13-14-10/h2-3,5-7H,1,4H2. The summed E-state index contributed by atoms with van der Waals surface area (Å²) in [5.41, 5.74) is 1.76. The van der Waals surface area contributed by atoms with Gasteiger partial charge in [0.2, 0.25) is 0 Å². The molecule has 2 heterocycles. The highest BCUT2D eigenvalue weighted by molar-refractivity contribution is 5.55. The summed E-state index contributed by atoms with van der Waals surface area (Å²) < 4.78 is 4.97. The normalized spacial score (nSPS) is 10.0. The molecule has 70 valence electrons. The van der Waals surface area contributed by atoms with E-state index in [0.29, 0.717) is 12.3 Å². The van der Waals surface area contributed by atoms with E-state index in [1.165, 1.54) is 6.33 Å². The van der Waals surface area contributed by atoms with Crippen LogP contribution in [0.4, 0.5) is 0 Å². The highest BCUT2D eigenvalue weighted by Crippen LogP contribution is 2.19. The quantitative estimate of drug-likeness (QED) is 0.688. The van der Waals surface area contributed by atoms with Crippen LogP contribution in [0, 0.1) is 0 Å². The molecule has 0 atom stereocenters. The lowest BCUT2D eigenvalue weighted by Gasteiger charge is -2.00. The molecule has 0 aliphatic carbocycles. The Kier molecular flexibility index (Phi) is 2.36. The maximum absolute atomic E-state index is 4.97. The average Bonchev–Trinajstić information content (AvgIpc) is 2.72. The van der Waals surface area contributed by atoms with Gasteiger partial charge in [-0.15, -0.1) is 6.58 Å². The monoisotopic (exact) mass is 187 g/mol. The van der Waals surface area contributed by atoms with Crippen LogP contribution in [-0.4, -0.2) is 15.1 Å². The first-order valence-corrected chi connectivity index (χ1v) is 4.23. The molecule has 0 aliphatic rings. The Labute approximate surface area is 81.3 Å². The molecular weight excluding hydrogens is 178 g/mol. The molecule has 0 bridgehead atoms. The van der Waals surface area contributed by atoms with E-state index >= 15 is 0 Å². The molecule has 2 rings (SSSR count). The molecule has 0 aromatic carbocycles. The summed E-state index contributed by atoms with van der Waals surface area (Å²) in [4.78, 5) is 8.20. The first kappa shape index (κ1) is 8.62. The Morgan fingerprint density at radius 1 is 1.43 bits per heavy atom. The predicted molar refractivity (Wildman–Crippen MR) is 51.4 cm³/mol. The predicted octanol–water partition coefficient (Wildman–Crippen LogP) is 1.86. The van der Waals surface area contributed by atoms with Gasteiger partial charge < -0.3 is 4.52 Å². The third kappa shape index (κ3) is 1.54. The van der Waals surface area contributed by atoms with E-state index in [1.807, 2.05) is 12.1 Å². The third-order valence-electron chi connectivity index (χ3n) is 1.82. The van der Waals surface area contributed by atoms with Crippen LogP contribution in [0.3, 0.4) is 0 Å². The third-order valence-corrected chi connectivity index (χ3v) is 1.82. The van der Waals surface area contributed by atoms with Crippen LogP contribution in [0.15, 0.2) is 41.8 Å². The smallest absolute Gasteiger partial charge is 0.259 e. The lowest BCUT2D eigenvalue weighted by atomic mass is 10.1. The second-order valence-electron chi connectivity index (χ2n) is 2.74. The van der Waals surface area contributed by atoms with Gasteiger partial charge in [-0.05, 0) is 12.1 Å². The summed E-state index contributed by atoms with van der Waals surface area (Å²) >= 11 is 0. The molecule has 2 aromatic rings. The lowest BCUT2D eigenvalue weighted by Crippen LogP contribution is -1.91. The molecule has 0 fully saturated rings. The fourth-order valence-electron chi connectivity index (χ4n) is 1.22. The molecule has 4 heteroatoms. The largest absolute Gasteiger partial charge is 0.334 e. The van der Waals surface area contributed by atoms with Gasteiger partial charge in [0.1, 0.15) is 0 Å². The van der Waals surface area contributed by atoms with Crippen molar-refractivity contribution in [1.82, 2.24) is 15.1 Å². The van der Waals surface area contributed by atoms with Gasteiger partial charge in [-0.3, -0.25) is 4.98 Å². The molecule has 0 N–H and O–H groups in total. The minimum Gasteiger partial charge on any atom is -0.334 e.